The minimum absolute atomic E-state index is 0.00242. The number of alkyl halides is 4. The molecular weight excluding hydrogens is 544 g/mol. The summed E-state index contributed by atoms with van der Waals surface area (Å²) in [5.74, 6) is 0.597. The molecule has 6 saturated carbocycles. The maximum atomic E-state index is 14.5. The number of halogens is 4. The molecule has 0 aliphatic heterocycles. The minimum atomic E-state index is -4.40. The summed E-state index contributed by atoms with van der Waals surface area (Å²) in [6.45, 7) is 2.59. The Morgan fingerprint density at radius 3 is 2.12 bits per heavy atom. The van der Waals surface area contributed by atoms with Gasteiger partial charge >= 0.3 is 6.18 Å². The van der Waals surface area contributed by atoms with Crippen LogP contribution in [0.25, 0.3) is 11.4 Å². The van der Waals surface area contributed by atoms with Gasteiger partial charge < -0.3 is 4.90 Å². The monoisotopic (exact) mass is 578 g/mol. The van der Waals surface area contributed by atoms with Crippen molar-refractivity contribution >= 4 is 11.6 Å². The lowest BCUT2D eigenvalue weighted by Crippen LogP contribution is -2.71. The van der Waals surface area contributed by atoms with Crippen LogP contribution in [0.4, 0.5) is 23.2 Å². The number of hydrogen-bond donors (Lipinski definition) is 0. The molecule has 0 saturated heterocycles. The minimum Gasteiger partial charge on any atom is -0.311 e. The second-order valence-corrected chi connectivity index (χ2v) is 13.4. The quantitative estimate of drug-likeness (QED) is 0.271. The summed E-state index contributed by atoms with van der Waals surface area (Å²) in [7, 11) is 0. The van der Waals surface area contributed by atoms with E-state index in [-0.39, 0.29) is 16.7 Å². The van der Waals surface area contributed by atoms with Crippen molar-refractivity contribution in [2.75, 3.05) is 11.4 Å². The first-order valence-corrected chi connectivity index (χ1v) is 14.9. The fraction of sp³-hybridized carbons (Fsp3) is 0.515. The molecule has 4 bridgehead atoms. The van der Waals surface area contributed by atoms with E-state index in [1.807, 2.05) is 41.6 Å². The number of aromatic nitrogens is 3. The zero-order chi connectivity index (χ0) is 29.4. The van der Waals surface area contributed by atoms with E-state index in [0.717, 1.165) is 79.7 Å². The Labute approximate surface area is 242 Å². The van der Waals surface area contributed by atoms with E-state index >= 15 is 0 Å². The van der Waals surface area contributed by atoms with Gasteiger partial charge in [-0.05, 0) is 99.5 Å². The van der Waals surface area contributed by atoms with Crippen molar-refractivity contribution in [2.45, 2.75) is 88.4 Å². The standard InChI is InChI=1S/C33H34F4N4O/c1-2-22-15-39-27(40-16-22)23-4-3-5-25(14-23)41(28(42)31-18-32(34,19-31)20-31)21-29-8-11-30(12-9-29,13-10-29)26-7-6-24(17-38-26)33(35,36)37/h3-7,14-17H,2,8-13,18-21H2,1H3. The van der Waals surface area contributed by atoms with Gasteiger partial charge in [-0.25, -0.2) is 14.4 Å². The third kappa shape index (κ3) is 4.42. The van der Waals surface area contributed by atoms with Crippen LogP contribution < -0.4 is 4.90 Å². The van der Waals surface area contributed by atoms with Crippen LogP contribution in [0.15, 0.2) is 55.0 Å². The molecule has 0 unspecified atom stereocenters. The number of rotatable bonds is 7. The number of carbonyl (C=O) groups is 1. The van der Waals surface area contributed by atoms with Gasteiger partial charge in [0.1, 0.15) is 5.67 Å². The van der Waals surface area contributed by atoms with Crippen LogP contribution in [0.1, 0.15) is 81.5 Å². The molecule has 0 atom stereocenters. The number of aryl methyl sites for hydroxylation is 1. The summed E-state index contributed by atoms with van der Waals surface area (Å²) in [4.78, 5) is 29.4. The summed E-state index contributed by atoms with van der Waals surface area (Å²) < 4.78 is 53.9. The largest absolute Gasteiger partial charge is 0.417 e. The van der Waals surface area contributed by atoms with Gasteiger partial charge in [0.05, 0.1) is 11.0 Å². The number of carbonyl (C=O) groups excluding carboxylic acids is 1. The lowest BCUT2D eigenvalue weighted by molar-refractivity contribution is -0.211. The molecule has 0 radical (unpaired) electrons. The lowest BCUT2D eigenvalue weighted by atomic mass is 9.41. The molecule has 2 heterocycles. The van der Waals surface area contributed by atoms with E-state index < -0.39 is 22.8 Å². The van der Waals surface area contributed by atoms with Crippen LogP contribution >= 0.6 is 0 Å². The van der Waals surface area contributed by atoms with Crippen molar-refractivity contribution in [1.82, 2.24) is 15.0 Å². The molecule has 9 rings (SSSR count). The third-order valence-corrected chi connectivity index (χ3v) is 10.7. The van der Waals surface area contributed by atoms with Crippen LogP contribution in [-0.4, -0.2) is 33.1 Å². The van der Waals surface area contributed by atoms with Crippen molar-refractivity contribution in [2.24, 2.45) is 10.8 Å². The molecule has 1 amide bonds. The summed E-state index contributed by atoms with van der Waals surface area (Å²) in [6, 6.07) is 10.5. The molecule has 6 aliphatic rings. The van der Waals surface area contributed by atoms with Gasteiger partial charge in [0.25, 0.3) is 0 Å². The predicted molar refractivity (Wildman–Crippen MR) is 150 cm³/mol. The van der Waals surface area contributed by atoms with E-state index in [9.17, 15) is 22.4 Å². The SMILES string of the molecule is CCc1cnc(-c2cccc(N(CC34CCC(c5ccc(C(F)(F)F)cn5)(CC3)CC4)C(=O)C34CC(F)(C3)C4)c2)nc1. The second-order valence-electron chi connectivity index (χ2n) is 13.4. The molecule has 220 valence electrons. The molecule has 0 N–H and O–H groups in total. The van der Waals surface area contributed by atoms with Crippen molar-refractivity contribution in [3.63, 3.8) is 0 Å². The van der Waals surface area contributed by atoms with E-state index in [1.54, 1.807) is 6.07 Å². The number of anilines is 1. The number of benzene rings is 1. The van der Waals surface area contributed by atoms with Gasteiger partial charge in [0, 0.05) is 47.5 Å². The molecule has 3 aromatic rings. The Bertz CT molecular complexity index is 1470. The van der Waals surface area contributed by atoms with Gasteiger partial charge in [-0.2, -0.15) is 13.2 Å². The van der Waals surface area contributed by atoms with Gasteiger partial charge in [0.2, 0.25) is 5.91 Å². The number of hydrogen-bond acceptors (Lipinski definition) is 4. The first-order valence-electron chi connectivity index (χ1n) is 14.9. The second kappa shape index (κ2) is 9.32. The fourth-order valence-electron chi connectivity index (χ4n) is 8.05. The Kier molecular flexibility index (Phi) is 6.09. The predicted octanol–water partition coefficient (Wildman–Crippen LogP) is 7.64. The molecule has 0 spiro atoms. The molecular formula is C33H34F4N4O. The Morgan fingerprint density at radius 2 is 1.57 bits per heavy atom. The highest BCUT2D eigenvalue weighted by Gasteiger charge is 2.73. The van der Waals surface area contributed by atoms with Gasteiger partial charge in [-0.1, -0.05) is 19.1 Å². The summed E-state index contributed by atoms with van der Waals surface area (Å²) >= 11 is 0. The molecule has 6 aliphatic carbocycles. The van der Waals surface area contributed by atoms with Crippen molar-refractivity contribution in [3.05, 3.63) is 71.8 Å². The van der Waals surface area contributed by atoms with E-state index in [1.165, 1.54) is 0 Å². The van der Waals surface area contributed by atoms with Crippen LogP contribution in [0.3, 0.4) is 0 Å². The Balaban J connectivity index is 1.15. The van der Waals surface area contributed by atoms with Gasteiger partial charge in [-0.15, -0.1) is 0 Å². The van der Waals surface area contributed by atoms with Crippen LogP contribution in [0.2, 0.25) is 0 Å². The van der Waals surface area contributed by atoms with E-state index in [4.69, 9.17) is 0 Å². The van der Waals surface area contributed by atoms with Crippen LogP contribution in [0.5, 0.6) is 0 Å². The highest BCUT2D eigenvalue weighted by atomic mass is 19.4. The topological polar surface area (TPSA) is 59.0 Å². The summed E-state index contributed by atoms with van der Waals surface area (Å²) in [5, 5.41) is 0. The first kappa shape index (κ1) is 27.5. The third-order valence-electron chi connectivity index (χ3n) is 10.7. The zero-order valence-electron chi connectivity index (χ0n) is 23.7. The molecule has 9 heteroatoms. The number of pyridine rings is 1. The average Bonchev–Trinajstić information content (AvgIpc) is 2.98. The van der Waals surface area contributed by atoms with Crippen molar-refractivity contribution in [3.8, 4) is 11.4 Å². The summed E-state index contributed by atoms with van der Waals surface area (Å²) in [6.07, 6.45) is 6.99. The molecule has 42 heavy (non-hydrogen) atoms. The lowest BCUT2D eigenvalue weighted by Gasteiger charge is -2.65. The first-order chi connectivity index (χ1) is 20.0. The van der Waals surface area contributed by atoms with Crippen molar-refractivity contribution in [1.29, 1.82) is 0 Å². The molecule has 2 aromatic heterocycles. The highest BCUT2D eigenvalue weighted by molar-refractivity contribution is 6.00. The van der Waals surface area contributed by atoms with E-state index in [2.05, 4.69) is 21.9 Å². The molecule has 1 aromatic carbocycles. The van der Waals surface area contributed by atoms with E-state index in [0.29, 0.717) is 31.6 Å². The Morgan fingerprint density at radius 1 is 0.905 bits per heavy atom. The maximum Gasteiger partial charge on any atom is 0.417 e. The van der Waals surface area contributed by atoms with Crippen LogP contribution in [0, 0.1) is 10.8 Å². The maximum absolute atomic E-state index is 14.5. The Hall–Kier alpha value is -3.36. The normalized spacial score (nSPS) is 31.3. The zero-order valence-corrected chi connectivity index (χ0v) is 23.7. The van der Waals surface area contributed by atoms with Gasteiger partial charge in [-0.3, -0.25) is 9.78 Å². The molecule has 5 nitrogen and oxygen atoms in total. The summed E-state index contributed by atoms with van der Waals surface area (Å²) in [5.41, 5.74) is 0.539. The number of amides is 1. The number of nitrogens with zero attached hydrogens (tertiary/aromatic N) is 4. The smallest absolute Gasteiger partial charge is 0.311 e. The van der Waals surface area contributed by atoms with Crippen LogP contribution in [-0.2, 0) is 22.8 Å². The van der Waals surface area contributed by atoms with Crippen molar-refractivity contribution < 1.29 is 22.4 Å². The van der Waals surface area contributed by atoms with Gasteiger partial charge in [0.15, 0.2) is 5.82 Å². The number of fused-ring (bicyclic) bond motifs is 3. The highest BCUT2D eigenvalue weighted by Crippen LogP contribution is 2.70. The molecule has 6 fully saturated rings. The average molecular weight is 579 g/mol. The fourth-order valence-corrected chi connectivity index (χ4v) is 8.05.